The Balaban J connectivity index is 1.70. The Labute approximate surface area is 169 Å². The average Bonchev–Trinajstić information content (AvgIpc) is 3.10. The van der Waals surface area contributed by atoms with Crippen LogP contribution in [0.2, 0.25) is 0 Å². The van der Waals surface area contributed by atoms with Crippen LogP contribution in [0.1, 0.15) is 36.5 Å². The molecule has 29 heavy (non-hydrogen) atoms. The summed E-state index contributed by atoms with van der Waals surface area (Å²) in [5, 5.41) is 20.0. The number of hydrogen-bond acceptors (Lipinski definition) is 4. The molecule has 1 amide bonds. The van der Waals surface area contributed by atoms with Crippen molar-refractivity contribution in [3.8, 4) is 16.8 Å². The lowest BCUT2D eigenvalue weighted by Crippen LogP contribution is -2.32. The Morgan fingerprint density at radius 1 is 1.03 bits per heavy atom. The summed E-state index contributed by atoms with van der Waals surface area (Å²) >= 11 is 0. The van der Waals surface area contributed by atoms with E-state index in [-0.39, 0.29) is 18.1 Å². The molecular weight excluding hydrogens is 368 g/mol. The number of carbonyl (C=O) groups excluding carboxylic acids is 1. The van der Waals surface area contributed by atoms with Gasteiger partial charge in [0.1, 0.15) is 0 Å². The fraction of sp³-hybridized carbons (Fsp3) is 0.273. The predicted octanol–water partition coefficient (Wildman–Crippen LogP) is 3.47. The summed E-state index contributed by atoms with van der Waals surface area (Å²) < 4.78 is 1.62. The van der Waals surface area contributed by atoms with Crippen LogP contribution in [0.25, 0.3) is 16.8 Å². The van der Waals surface area contributed by atoms with Gasteiger partial charge in [0.15, 0.2) is 5.69 Å². The van der Waals surface area contributed by atoms with E-state index in [0.717, 1.165) is 16.8 Å². The molecule has 2 aromatic carbocycles. The number of aromatic nitrogens is 3. The number of rotatable bonds is 7. The first kappa shape index (κ1) is 20.3. The topological polar surface area (TPSA) is 97.1 Å². The van der Waals surface area contributed by atoms with Crippen molar-refractivity contribution in [2.45, 2.75) is 27.2 Å². The van der Waals surface area contributed by atoms with Gasteiger partial charge in [0.2, 0.25) is 0 Å². The van der Waals surface area contributed by atoms with Gasteiger partial charge >= 0.3 is 5.97 Å². The summed E-state index contributed by atoms with van der Waals surface area (Å²) in [6.45, 7) is 5.28. The molecule has 0 aliphatic carbocycles. The maximum absolute atomic E-state index is 12.4. The summed E-state index contributed by atoms with van der Waals surface area (Å²) in [4.78, 5) is 23.6. The van der Waals surface area contributed by atoms with Crippen molar-refractivity contribution in [1.82, 2.24) is 20.3 Å². The minimum Gasteiger partial charge on any atom is -0.481 e. The molecule has 150 valence electrons. The largest absolute Gasteiger partial charge is 0.481 e. The molecule has 2 N–H and O–H groups in total. The fourth-order valence-corrected chi connectivity index (χ4v) is 2.89. The molecular formula is C22H24N4O3. The van der Waals surface area contributed by atoms with Crippen molar-refractivity contribution in [3.05, 3.63) is 66.0 Å². The monoisotopic (exact) mass is 392 g/mol. The molecule has 7 heteroatoms. The van der Waals surface area contributed by atoms with Gasteiger partial charge in [0, 0.05) is 6.54 Å². The number of carboxylic acid groups (broad SMARTS) is 1. The second kappa shape index (κ2) is 8.26. The lowest BCUT2D eigenvalue weighted by molar-refractivity contribution is -0.147. The van der Waals surface area contributed by atoms with E-state index in [4.69, 9.17) is 5.11 Å². The lowest BCUT2D eigenvalue weighted by atomic mass is 9.90. The first-order chi connectivity index (χ1) is 13.8. The van der Waals surface area contributed by atoms with Gasteiger partial charge in [-0.25, -0.2) is 4.68 Å². The minimum atomic E-state index is -0.902. The Morgan fingerprint density at radius 3 is 2.28 bits per heavy atom. The van der Waals surface area contributed by atoms with Crippen LogP contribution in [-0.4, -0.2) is 38.5 Å². The van der Waals surface area contributed by atoms with Gasteiger partial charge < -0.3 is 10.4 Å². The maximum atomic E-state index is 12.4. The van der Waals surface area contributed by atoms with E-state index in [1.807, 2.05) is 54.6 Å². The molecule has 0 saturated carbocycles. The summed E-state index contributed by atoms with van der Waals surface area (Å²) in [7, 11) is 0. The Hall–Kier alpha value is -3.48. The SMILES string of the molecule is Cc1c(C(=O)NCCC(C)(C)C(=O)O)nnn1-c1ccc(-c2ccccc2)cc1. The number of nitrogens with zero attached hydrogens (tertiary/aromatic N) is 3. The van der Waals surface area contributed by atoms with Crippen LogP contribution in [-0.2, 0) is 4.79 Å². The van der Waals surface area contributed by atoms with Crippen molar-refractivity contribution in [2.75, 3.05) is 6.54 Å². The van der Waals surface area contributed by atoms with Crippen LogP contribution in [0, 0.1) is 12.3 Å². The lowest BCUT2D eigenvalue weighted by Gasteiger charge is -2.18. The molecule has 0 spiro atoms. The van der Waals surface area contributed by atoms with Crippen LogP contribution in [0.4, 0.5) is 0 Å². The van der Waals surface area contributed by atoms with Crippen molar-refractivity contribution < 1.29 is 14.7 Å². The van der Waals surface area contributed by atoms with Gasteiger partial charge in [-0.15, -0.1) is 5.10 Å². The molecule has 0 aliphatic heterocycles. The Kier molecular flexibility index (Phi) is 5.77. The van der Waals surface area contributed by atoms with Crippen molar-refractivity contribution in [3.63, 3.8) is 0 Å². The average molecular weight is 392 g/mol. The molecule has 1 aromatic heterocycles. The highest BCUT2D eigenvalue weighted by atomic mass is 16.4. The summed E-state index contributed by atoms with van der Waals surface area (Å²) in [6.07, 6.45) is 0.322. The zero-order valence-electron chi connectivity index (χ0n) is 16.7. The van der Waals surface area contributed by atoms with E-state index in [1.54, 1.807) is 25.5 Å². The normalized spacial score (nSPS) is 11.3. The molecule has 0 radical (unpaired) electrons. The van der Waals surface area contributed by atoms with E-state index in [9.17, 15) is 9.59 Å². The van der Waals surface area contributed by atoms with Crippen LogP contribution in [0.3, 0.4) is 0 Å². The molecule has 0 unspecified atom stereocenters. The second-order valence-electron chi connectivity index (χ2n) is 7.54. The second-order valence-corrected chi connectivity index (χ2v) is 7.54. The molecule has 0 atom stereocenters. The fourth-order valence-electron chi connectivity index (χ4n) is 2.89. The molecule has 3 aromatic rings. The van der Waals surface area contributed by atoms with E-state index in [0.29, 0.717) is 12.1 Å². The van der Waals surface area contributed by atoms with Gasteiger partial charge in [-0.2, -0.15) is 0 Å². The Bertz CT molecular complexity index is 1010. The molecule has 0 bridgehead atoms. The molecule has 7 nitrogen and oxygen atoms in total. The summed E-state index contributed by atoms with van der Waals surface area (Å²) in [6, 6.07) is 17.9. The van der Waals surface area contributed by atoms with E-state index >= 15 is 0 Å². The minimum absolute atomic E-state index is 0.227. The van der Waals surface area contributed by atoms with Crippen LogP contribution >= 0.6 is 0 Å². The van der Waals surface area contributed by atoms with E-state index in [1.165, 1.54) is 0 Å². The highest BCUT2D eigenvalue weighted by molar-refractivity contribution is 5.93. The predicted molar refractivity (Wildman–Crippen MR) is 110 cm³/mol. The Morgan fingerprint density at radius 2 is 1.66 bits per heavy atom. The maximum Gasteiger partial charge on any atom is 0.309 e. The number of aliphatic carboxylic acids is 1. The van der Waals surface area contributed by atoms with Crippen molar-refractivity contribution in [1.29, 1.82) is 0 Å². The third-order valence-electron chi connectivity index (χ3n) is 4.94. The number of hydrogen-bond donors (Lipinski definition) is 2. The molecule has 3 rings (SSSR count). The standard InChI is InChI=1S/C22H24N4O3/c1-15-19(20(27)23-14-13-22(2,3)21(28)29)24-25-26(15)18-11-9-17(10-12-18)16-7-5-4-6-8-16/h4-12H,13-14H2,1-3H3,(H,23,27)(H,28,29). The third kappa shape index (κ3) is 4.51. The highest BCUT2D eigenvalue weighted by Gasteiger charge is 2.27. The van der Waals surface area contributed by atoms with Crippen LogP contribution < -0.4 is 5.32 Å². The first-order valence-electron chi connectivity index (χ1n) is 9.39. The summed E-state index contributed by atoms with van der Waals surface area (Å²) in [5.41, 5.74) is 2.96. The molecule has 0 saturated heterocycles. The first-order valence-corrected chi connectivity index (χ1v) is 9.39. The molecule has 0 fully saturated rings. The van der Waals surface area contributed by atoms with Crippen LogP contribution in [0.5, 0.6) is 0 Å². The molecule has 1 heterocycles. The van der Waals surface area contributed by atoms with Gasteiger partial charge in [-0.1, -0.05) is 47.7 Å². The van der Waals surface area contributed by atoms with Crippen LogP contribution in [0.15, 0.2) is 54.6 Å². The quantitative estimate of drug-likeness (QED) is 0.642. The number of carboxylic acids is 1. The smallest absolute Gasteiger partial charge is 0.309 e. The summed E-state index contributed by atoms with van der Waals surface area (Å²) in [5.74, 6) is -1.26. The van der Waals surface area contributed by atoms with Gasteiger partial charge in [-0.3, -0.25) is 9.59 Å². The molecule has 0 aliphatic rings. The van der Waals surface area contributed by atoms with E-state index < -0.39 is 11.4 Å². The number of amides is 1. The third-order valence-corrected chi connectivity index (χ3v) is 4.94. The van der Waals surface area contributed by atoms with E-state index in [2.05, 4.69) is 15.6 Å². The highest BCUT2D eigenvalue weighted by Crippen LogP contribution is 2.22. The van der Waals surface area contributed by atoms with Crippen molar-refractivity contribution in [2.24, 2.45) is 5.41 Å². The number of benzene rings is 2. The van der Waals surface area contributed by atoms with Gasteiger partial charge in [0.25, 0.3) is 5.91 Å². The number of nitrogens with one attached hydrogen (secondary N) is 1. The zero-order valence-corrected chi connectivity index (χ0v) is 16.7. The van der Waals surface area contributed by atoms with Gasteiger partial charge in [-0.05, 0) is 50.5 Å². The zero-order chi connectivity index (χ0) is 21.0. The van der Waals surface area contributed by atoms with Gasteiger partial charge in [0.05, 0.1) is 16.8 Å². The van der Waals surface area contributed by atoms with Crippen molar-refractivity contribution >= 4 is 11.9 Å². The number of carbonyl (C=O) groups is 2.